The monoisotopic (exact) mass is 160 g/mol. The van der Waals surface area contributed by atoms with Crippen LogP contribution in [-0.2, 0) is 0 Å². The minimum absolute atomic E-state index is 0.0360. The van der Waals surface area contributed by atoms with E-state index in [1.807, 2.05) is 9.47 Å². The molecule has 0 aliphatic carbocycles. The largest absolute Gasteiger partial charge is 0.436 e. The van der Waals surface area contributed by atoms with E-state index in [0.29, 0.717) is 0 Å². The molecular formula is H3O4P3. The molecule has 0 aromatic carbocycles. The highest BCUT2D eigenvalue weighted by Gasteiger charge is 1.91. The summed E-state index contributed by atoms with van der Waals surface area (Å²) in [7, 11) is 0.801. The summed E-state index contributed by atoms with van der Waals surface area (Å²) in [5.74, 6) is 0. The van der Waals surface area contributed by atoms with Crippen LogP contribution in [0.2, 0.25) is 0 Å². The van der Waals surface area contributed by atoms with Gasteiger partial charge in [-0.05, 0) is 0 Å². The summed E-state index contributed by atoms with van der Waals surface area (Å²) in [5, 5.41) is 0. The Hall–Kier alpha value is 0.390. The molecule has 0 saturated carbocycles. The van der Waals surface area contributed by atoms with Crippen LogP contribution >= 0.6 is 26.4 Å². The van der Waals surface area contributed by atoms with Crippen LogP contribution < -0.4 is 4.31 Å². The molecule has 0 N–H and O–H groups in total. The van der Waals surface area contributed by atoms with E-state index in [2.05, 4.69) is 13.0 Å². The van der Waals surface area contributed by atoms with Gasteiger partial charge in [-0.15, -0.1) is 0 Å². The van der Waals surface area contributed by atoms with Crippen molar-refractivity contribution >= 4 is 26.4 Å². The molecule has 0 bridgehead atoms. The summed E-state index contributed by atoms with van der Waals surface area (Å²) in [6.07, 6.45) is 0. The summed E-state index contributed by atoms with van der Waals surface area (Å²) >= 11 is 0. The van der Waals surface area contributed by atoms with E-state index in [1.165, 1.54) is 0 Å². The molecule has 1 rings (SSSR count). The zero-order chi connectivity index (χ0) is 5.11. The lowest BCUT2D eigenvalue weighted by molar-refractivity contribution is 0.155. The van der Waals surface area contributed by atoms with Crippen LogP contribution in [0.4, 0.5) is 0 Å². The third kappa shape index (κ3) is 1.40. The SMILES string of the molecule is POp1oo[pH]o1. The average Bonchev–Trinajstić information content (AvgIpc) is 2.14. The van der Waals surface area contributed by atoms with Gasteiger partial charge >= 0.3 is 8.24 Å². The molecule has 3 unspecified atom stereocenters. The summed E-state index contributed by atoms with van der Waals surface area (Å²) in [6.45, 7) is 0. The van der Waals surface area contributed by atoms with Gasteiger partial charge in [-0.25, -0.2) is 8.71 Å². The van der Waals surface area contributed by atoms with Crippen molar-refractivity contribution in [2.24, 2.45) is 0 Å². The Bertz CT molecular complexity index is 121. The summed E-state index contributed by atoms with van der Waals surface area (Å²) in [4.78, 5) is 0. The number of hydrogen-bond donors (Lipinski definition) is 0. The van der Waals surface area contributed by atoms with E-state index < -0.39 is 8.24 Å². The lowest BCUT2D eigenvalue weighted by atomic mass is 15.1. The van der Waals surface area contributed by atoms with Crippen molar-refractivity contribution in [2.75, 3.05) is 0 Å². The predicted octanol–water partition coefficient (Wildman–Crippen LogP) is 1.83. The van der Waals surface area contributed by atoms with Gasteiger partial charge in [0.25, 0.3) is 8.67 Å². The number of rotatable bonds is 1. The summed E-state index contributed by atoms with van der Waals surface area (Å²) < 4.78 is 18.0. The summed E-state index contributed by atoms with van der Waals surface area (Å²) in [5.41, 5.74) is 0. The first-order chi connectivity index (χ1) is 3.43. The van der Waals surface area contributed by atoms with E-state index in [4.69, 9.17) is 3.98 Å². The smallest absolute Gasteiger partial charge is 0.354 e. The average molecular weight is 160 g/mol. The molecule has 42 valence electrons. The van der Waals surface area contributed by atoms with Crippen LogP contribution in [0.25, 0.3) is 0 Å². The molecule has 1 aromatic heterocycles. The maximum absolute atomic E-state index is 4.71. The maximum Gasteiger partial charge on any atom is 0.436 e. The van der Waals surface area contributed by atoms with Crippen molar-refractivity contribution in [3.63, 3.8) is 0 Å². The Morgan fingerprint density at radius 1 is 1.71 bits per heavy atom. The third-order valence-corrected chi connectivity index (χ3v) is 2.40. The van der Waals surface area contributed by atoms with Gasteiger partial charge in [0.15, 0.2) is 0 Å². The Morgan fingerprint density at radius 3 is 2.86 bits per heavy atom. The molecule has 0 spiro atoms. The van der Waals surface area contributed by atoms with Gasteiger partial charge in [-0.1, -0.05) is 0 Å². The molecule has 0 saturated heterocycles. The molecule has 1 heterocycles. The highest BCUT2D eigenvalue weighted by Crippen LogP contribution is 2.30. The Kier molecular flexibility index (Phi) is 2.08. The molecule has 7 heavy (non-hydrogen) atoms. The molecule has 1 aromatic rings. The topological polar surface area (TPSA) is 48.7 Å². The zero-order valence-electron chi connectivity index (χ0n) is 3.16. The van der Waals surface area contributed by atoms with E-state index in [9.17, 15) is 0 Å². The van der Waals surface area contributed by atoms with E-state index in [0.717, 1.165) is 0 Å². The Balaban J connectivity index is 2.76. The standard InChI is InChI=1S/H3O4P3/c5-3-7-2-1-6-4-7/h6H,5H2. The third-order valence-electron chi connectivity index (χ3n) is 0.330. The molecular weight excluding hydrogens is 157 g/mol. The molecule has 0 aliphatic heterocycles. The van der Waals surface area contributed by atoms with Gasteiger partial charge in [-0.3, -0.25) is 4.31 Å². The van der Waals surface area contributed by atoms with Crippen LogP contribution in [0.1, 0.15) is 0 Å². The van der Waals surface area contributed by atoms with Gasteiger partial charge in [0, 0.05) is 9.47 Å². The zero-order valence-corrected chi connectivity index (χ0v) is 6.21. The number of hydrogen-bond acceptors (Lipinski definition) is 4. The molecule has 3 atom stereocenters. The Morgan fingerprint density at radius 2 is 2.57 bits per heavy atom. The van der Waals surface area contributed by atoms with Gasteiger partial charge in [0.1, 0.15) is 0 Å². The minimum Gasteiger partial charge on any atom is -0.354 e. The second-order valence-corrected chi connectivity index (χ2v) is 3.16. The van der Waals surface area contributed by atoms with Crippen LogP contribution in [-0.4, -0.2) is 0 Å². The lowest BCUT2D eigenvalue weighted by Gasteiger charge is -1.75. The quantitative estimate of drug-likeness (QED) is 0.464. The van der Waals surface area contributed by atoms with Gasteiger partial charge in [0.05, 0.1) is 0 Å². The fourth-order valence-corrected chi connectivity index (χ4v) is 1.70. The molecule has 0 amide bonds. The van der Waals surface area contributed by atoms with E-state index in [-0.39, 0.29) is 8.67 Å². The first-order valence-electron chi connectivity index (χ1n) is 1.36. The molecule has 7 heteroatoms. The van der Waals surface area contributed by atoms with E-state index in [1.54, 1.807) is 0 Å². The highest BCUT2D eigenvalue weighted by atomic mass is 31.2. The van der Waals surface area contributed by atoms with Crippen molar-refractivity contribution in [1.29, 1.82) is 0 Å². The molecule has 0 radical (unpaired) electrons. The van der Waals surface area contributed by atoms with Gasteiger partial charge in [0.2, 0.25) is 0 Å². The van der Waals surface area contributed by atoms with Crippen LogP contribution in [0.15, 0.2) is 12.7 Å². The van der Waals surface area contributed by atoms with Gasteiger partial charge in [-0.2, -0.15) is 0 Å². The second-order valence-electron chi connectivity index (χ2n) is 0.662. The fourth-order valence-electron chi connectivity index (χ4n) is 0.146. The summed E-state index contributed by atoms with van der Waals surface area (Å²) in [6, 6.07) is 0. The van der Waals surface area contributed by atoms with Crippen LogP contribution in [0.3, 0.4) is 0 Å². The second kappa shape index (κ2) is 2.64. The van der Waals surface area contributed by atoms with Gasteiger partial charge < -0.3 is 3.98 Å². The minimum atomic E-state index is -1.19. The van der Waals surface area contributed by atoms with Crippen LogP contribution in [0, 0.1) is 0 Å². The predicted molar refractivity (Wildman–Crippen MR) is 29.4 cm³/mol. The van der Waals surface area contributed by atoms with E-state index >= 15 is 0 Å². The molecule has 0 aliphatic rings. The lowest BCUT2D eigenvalue weighted by Crippen LogP contribution is -1.52. The molecule has 0 fully saturated rings. The highest BCUT2D eigenvalue weighted by molar-refractivity contribution is 7.42. The first kappa shape index (κ1) is 5.53. The van der Waals surface area contributed by atoms with Crippen molar-refractivity contribution in [3.05, 3.63) is 0 Å². The maximum atomic E-state index is 4.71. The van der Waals surface area contributed by atoms with Crippen molar-refractivity contribution in [2.45, 2.75) is 0 Å². The van der Waals surface area contributed by atoms with Crippen molar-refractivity contribution in [1.82, 2.24) is 0 Å². The fraction of sp³-hybridized carbons (Fsp3) is 0. The first-order valence-corrected chi connectivity index (χ1v) is 3.74. The molecule has 4 nitrogen and oxygen atoms in total. The van der Waals surface area contributed by atoms with Crippen molar-refractivity contribution in [3.8, 4) is 0 Å². The normalized spacial score (nSPS) is 13.0. The van der Waals surface area contributed by atoms with Crippen LogP contribution in [0.5, 0.6) is 0 Å². The Labute approximate surface area is 44.3 Å². The van der Waals surface area contributed by atoms with Crippen molar-refractivity contribution < 1.29 is 17.0 Å².